The van der Waals surface area contributed by atoms with Gasteiger partial charge in [0.25, 0.3) is 0 Å². The van der Waals surface area contributed by atoms with E-state index in [4.69, 9.17) is 14.2 Å². The Kier molecular flexibility index (Phi) is 7.18. The first-order valence-electron chi connectivity index (χ1n) is 8.16. The van der Waals surface area contributed by atoms with Crippen molar-refractivity contribution in [3.8, 4) is 17.2 Å². The van der Waals surface area contributed by atoms with Gasteiger partial charge in [0.2, 0.25) is 0 Å². The fourth-order valence-corrected chi connectivity index (χ4v) is 2.14. The van der Waals surface area contributed by atoms with Crippen molar-refractivity contribution in [2.75, 3.05) is 26.1 Å². The number of anilines is 1. The molecule has 0 aromatic heterocycles. The summed E-state index contributed by atoms with van der Waals surface area (Å²) in [7, 11) is 3.06. The van der Waals surface area contributed by atoms with Gasteiger partial charge in [-0.2, -0.15) is 5.10 Å². The molecule has 2 rings (SSSR count). The van der Waals surface area contributed by atoms with E-state index >= 15 is 0 Å². The van der Waals surface area contributed by atoms with Crippen molar-refractivity contribution < 1.29 is 23.8 Å². The average Bonchev–Trinajstić information content (AvgIpc) is 2.69. The molecule has 0 aliphatic heterocycles. The molecule has 2 aromatic rings. The number of hydrazone groups is 1. The fourth-order valence-electron chi connectivity index (χ4n) is 2.14. The molecule has 0 bridgehead atoms. The molecule has 27 heavy (non-hydrogen) atoms. The number of hydrogen-bond acceptors (Lipinski definition) is 6. The second kappa shape index (κ2) is 9.81. The molecule has 0 saturated carbocycles. The minimum absolute atomic E-state index is 0.475. The molecule has 142 valence electrons. The van der Waals surface area contributed by atoms with Crippen LogP contribution in [-0.2, 0) is 9.59 Å². The number of benzene rings is 2. The molecule has 2 amide bonds. The van der Waals surface area contributed by atoms with E-state index in [1.807, 2.05) is 6.92 Å². The van der Waals surface area contributed by atoms with Gasteiger partial charge in [-0.3, -0.25) is 9.59 Å². The van der Waals surface area contributed by atoms with Gasteiger partial charge in [0, 0.05) is 5.69 Å². The summed E-state index contributed by atoms with van der Waals surface area (Å²) in [5.74, 6) is 0.0677. The highest BCUT2D eigenvalue weighted by molar-refractivity contribution is 6.39. The number of hydrogen-bond donors (Lipinski definition) is 2. The standard InChI is InChI=1S/C19H21N3O5/c1-4-27-15-8-6-14(7-9-15)21-18(23)19(24)22-20-12-13-5-10-16(25-2)17(11-13)26-3/h5-12H,4H2,1-3H3,(H,21,23)(H,22,24)/b20-12-. The number of carbonyl (C=O) groups excluding carboxylic acids is 2. The Hall–Kier alpha value is -3.55. The summed E-state index contributed by atoms with van der Waals surface area (Å²) in [4.78, 5) is 23.7. The highest BCUT2D eigenvalue weighted by atomic mass is 16.5. The molecular weight excluding hydrogens is 350 g/mol. The minimum Gasteiger partial charge on any atom is -0.494 e. The van der Waals surface area contributed by atoms with Crippen LogP contribution in [-0.4, -0.2) is 38.9 Å². The lowest BCUT2D eigenvalue weighted by Gasteiger charge is -2.07. The number of nitrogens with zero attached hydrogens (tertiary/aromatic N) is 1. The van der Waals surface area contributed by atoms with Crippen molar-refractivity contribution in [2.45, 2.75) is 6.92 Å². The summed E-state index contributed by atoms with van der Waals surface area (Å²) in [5.41, 5.74) is 3.31. The van der Waals surface area contributed by atoms with E-state index < -0.39 is 11.8 Å². The first kappa shape index (κ1) is 19.8. The second-order valence-corrected chi connectivity index (χ2v) is 5.23. The van der Waals surface area contributed by atoms with E-state index in [1.165, 1.54) is 20.4 Å². The van der Waals surface area contributed by atoms with Gasteiger partial charge in [-0.05, 0) is 55.0 Å². The molecule has 0 aliphatic carbocycles. The number of nitrogens with one attached hydrogen (secondary N) is 2. The maximum Gasteiger partial charge on any atom is 0.329 e. The van der Waals surface area contributed by atoms with Crippen molar-refractivity contribution in [3.63, 3.8) is 0 Å². The van der Waals surface area contributed by atoms with Gasteiger partial charge in [0.1, 0.15) is 5.75 Å². The van der Waals surface area contributed by atoms with Crippen LogP contribution >= 0.6 is 0 Å². The Morgan fingerprint density at radius 2 is 1.70 bits per heavy atom. The maximum absolute atomic E-state index is 11.9. The summed E-state index contributed by atoms with van der Waals surface area (Å²) in [6.45, 7) is 2.43. The van der Waals surface area contributed by atoms with E-state index in [9.17, 15) is 9.59 Å². The highest BCUT2D eigenvalue weighted by Gasteiger charge is 2.13. The van der Waals surface area contributed by atoms with Gasteiger partial charge in [-0.1, -0.05) is 0 Å². The third-order valence-electron chi connectivity index (χ3n) is 3.42. The van der Waals surface area contributed by atoms with Gasteiger partial charge in [-0.15, -0.1) is 0 Å². The number of amides is 2. The molecule has 0 aliphatic rings. The first-order valence-corrected chi connectivity index (χ1v) is 8.16. The van der Waals surface area contributed by atoms with Crippen LogP contribution in [0.4, 0.5) is 5.69 Å². The molecule has 0 radical (unpaired) electrons. The van der Waals surface area contributed by atoms with Gasteiger partial charge in [0.15, 0.2) is 11.5 Å². The third-order valence-corrected chi connectivity index (χ3v) is 3.42. The van der Waals surface area contributed by atoms with Crippen molar-refractivity contribution in [3.05, 3.63) is 48.0 Å². The highest BCUT2D eigenvalue weighted by Crippen LogP contribution is 2.26. The SMILES string of the molecule is CCOc1ccc(NC(=O)C(=O)N/N=C\c2ccc(OC)c(OC)c2)cc1. The zero-order valence-corrected chi connectivity index (χ0v) is 15.3. The number of methoxy groups -OCH3 is 2. The zero-order chi connectivity index (χ0) is 19.6. The summed E-state index contributed by atoms with van der Waals surface area (Å²) >= 11 is 0. The lowest BCUT2D eigenvalue weighted by Crippen LogP contribution is -2.32. The molecule has 8 heteroatoms. The normalized spacial score (nSPS) is 10.3. The molecule has 0 unspecified atom stereocenters. The van der Waals surface area contributed by atoms with Crippen LogP contribution < -0.4 is 25.0 Å². The monoisotopic (exact) mass is 371 g/mol. The average molecular weight is 371 g/mol. The summed E-state index contributed by atoms with van der Waals surface area (Å²) < 4.78 is 15.6. The van der Waals surface area contributed by atoms with Crippen molar-refractivity contribution >= 4 is 23.7 Å². The van der Waals surface area contributed by atoms with Crippen LogP contribution in [0, 0.1) is 0 Å². The number of carbonyl (C=O) groups is 2. The van der Waals surface area contributed by atoms with Crippen molar-refractivity contribution in [1.29, 1.82) is 0 Å². The van der Waals surface area contributed by atoms with Gasteiger partial charge < -0.3 is 19.5 Å². The lowest BCUT2D eigenvalue weighted by molar-refractivity contribution is -0.136. The topological polar surface area (TPSA) is 98.2 Å². The first-order chi connectivity index (χ1) is 13.1. The predicted molar refractivity (Wildman–Crippen MR) is 102 cm³/mol. The summed E-state index contributed by atoms with van der Waals surface area (Å²) in [6.07, 6.45) is 1.39. The smallest absolute Gasteiger partial charge is 0.329 e. The quantitative estimate of drug-likeness (QED) is 0.442. The van der Waals surface area contributed by atoms with Crippen LogP contribution in [0.15, 0.2) is 47.6 Å². The Labute approximate surface area is 157 Å². The molecule has 0 spiro atoms. The largest absolute Gasteiger partial charge is 0.494 e. The van der Waals surface area contributed by atoms with E-state index in [1.54, 1.807) is 42.5 Å². The summed E-state index contributed by atoms with van der Waals surface area (Å²) in [5, 5.41) is 6.25. The van der Waals surface area contributed by atoms with E-state index in [2.05, 4.69) is 15.8 Å². The zero-order valence-electron chi connectivity index (χ0n) is 15.3. The van der Waals surface area contributed by atoms with Crippen LogP contribution in [0.2, 0.25) is 0 Å². The molecule has 0 atom stereocenters. The van der Waals surface area contributed by atoms with Gasteiger partial charge >= 0.3 is 11.8 Å². The molecule has 0 fully saturated rings. The predicted octanol–water partition coefficient (Wildman–Crippen LogP) is 2.19. The Morgan fingerprint density at radius 3 is 2.33 bits per heavy atom. The molecule has 0 saturated heterocycles. The maximum atomic E-state index is 11.9. The van der Waals surface area contributed by atoms with Crippen LogP contribution in [0.25, 0.3) is 0 Å². The molecule has 2 aromatic carbocycles. The lowest BCUT2D eigenvalue weighted by atomic mass is 10.2. The van der Waals surface area contributed by atoms with Gasteiger partial charge in [0.05, 0.1) is 27.0 Å². The van der Waals surface area contributed by atoms with Crippen LogP contribution in [0.3, 0.4) is 0 Å². The molecular formula is C19H21N3O5. The second-order valence-electron chi connectivity index (χ2n) is 5.23. The van der Waals surface area contributed by atoms with E-state index in [-0.39, 0.29) is 0 Å². The van der Waals surface area contributed by atoms with Crippen LogP contribution in [0.1, 0.15) is 12.5 Å². The van der Waals surface area contributed by atoms with Crippen molar-refractivity contribution in [1.82, 2.24) is 5.43 Å². The Balaban J connectivity index is 1.90. The molecule has 0 heterocycles. The van der Waals surface area contributed by atoms with E-state index in [0.29, 0.717) is 35.1 Å². The van der Waals surface area contributed by atoms with Crippen molar-refractivity contribution in [2.24, 2.45) is 5.10 Å². The molecule has 8 nitrogen and oxygen atoms in total. The number of ether oxygens (including phenoxy) is 3. The van der Waals surface area contributed by atoms with Gasteiger partial charge in [-0.25, -0.2) is 5.43 Å². The Bertz CT molecular complexity index is 819. The minimum atomic E-state index is -0.888. The third kappa shape index (κ3) is 5.74. The Morgan fingerprint density at radius 1 is 1.00 bits per heavy atom. The van der Waals surface area contributed by atoms with Crippen LogP contribution in [0.5, 0.6) is 17.2 Å². The molecule has 2 N–H and O–H groups in total. The van der Waals surface area contributed by atoms with E-state index in [0.717, 1.165) is 0 Å². The summed E-state index contributed by atoms with van der Waals surface area (Å²) in [6, 6.07) is 11.8. The number of rotatable bonds is 7. The fraction of sp³-hybridized carbons (Fsp3) is 0.211.